The Morgan fingerprint density at radius 2 is 2.30 bits per heavy atom. The molecule has 0 spiro atoms. The number of nitrogens with one attached hydrogen (secondary N) is 1. The number of nitrogens with zero attached hydrogens (tertiary/aromatic N) is 1. The third-order valence-corrected chi connectivity index (χ3v) is 2.55. The standard InChI is InChI=1S/C8H16N2/c1-7(2)8(3)4-5-9-10-6-8/h6-7,9H,4-5H2,1-3H3. The van der Waals surface area contributed by atoms with E-state index in [2.05, 4.69) is 31.3 Å². The van der Waals surface area contributed by atoms with E-state index in [1.54, 1.807) is 0 Å². The third kappa shape index (κ3) is 1.31. The quantitative estimate of drug-likeness (QED) is 0.588. The average Bonchev–Trinajstić information content (AvgIpc) is 1.89. The minimum atomic E-state index is 0.325. The fourth-order valence-corrected chi connectivity index (χ4v) is 1.09. The van der Waals surface area contributed by atoms with Crippen molar-refractivity contribution in [2.45, 2.75) is 27.2 Å². The van der Waals surface area contributed by atoms with E-state index in [1.807, 2.05) is 6.21 Å². The molecule has 1 atom stereocenters. The second-order valence-electron chi connectivity index (χ2n) is 3.58. The molecule has 0 aromatic carbocycles. The minimum Gasteiger partial charge on any atom is -0.310 e. The highest BCUT2D eigenvalue weighted by atomic mass is 15.3. The molecule has 1 unspecified atom stereocenters. The summed E-state index contributed by atoms with van der Waals surface area (Å²) >= 11 is 0. The highest BCUT2D eigenvalue weighted by Gasteiger charge is 2.27. The molecule has 0 saturated heterocycles. The van der Waals surface area contributed by atoms with Gasteiger partial charge in [-0.25, -0.2) is 0 Å². The molecule has 58 valence electrons. The lowest BCUT2D eigenvalue weighted by atomic mass is 9.77. The minimum absolute atomic E-state index is 0.325. The van der Waals surface area contributed by atoms with Gasteiger partial charge in [0.1, 0.15) is 0 Å². The van der Waals surface area contributed by atoms with E-state index in [4.69, 9.17) is 0 Å². The normalized spacial score (nSPS) is 32.4. The van der Waals surface area contributed by atoms with Gasteiger partial charge < -0.3 is 5.43 Å². The fourth-order valence-electron chi connectivity index (χ4n) is 1.09. The van der Waals surface area contributed by atoms with E-state index in [0.29, 0.717) is 11.3 Å². The molecule has 1 aliphatic heterocycles. The first kappa shape index (κ1) is 7.58. The van der Waals surface area contributed by atoms with Gasteiger partial charge in [0.2, 0.25) is 0 Å². The van der Waals surface area contributed by atoms with Crippen molar-refractivity contribution < 1.29 is 0 Å². The topological polar surface area (TPSA) is 24.4 Å². The molecule has 2 nitrogen and oxygen atoms in total. The van der Waals surface area contributed by atoms with Crippen LogP contribution >= 0.6 is 0 Å². The summed E-state index contributed by atoms with van der Waals surface area (Å²) in [6, 6.07) is 0. The Bertz CT molecular complexity index is 140. The maximum absolute atomic E-state index is 4.08. The highest BCUT2D eigenvalue weighted by Crippen LogP contribution is 2.29. The molecule has 0 bridgehead atoms. The van der Waals surface area contributed by atoms with E-state index in [0.717, 1.165) is 6.54 Å². The molecule has 1 rings (SSSR count). The number of hydrogen-bond donors (Lipinski definition) is 1. The molecule has 2 heteroatoms. The summed E-state index contributed by atoms with van der Waals surface area (Å²) in [5, 5.41) is 4.08. The van der Waals surface area contributed by atoms with Gasteiger partial charge in [-0.2, -0.15) is 5.10 Å². The maximum atomic E-state index is 4.08. The van der Waals surface area contributed by atoms with Crippen LogP contribution in [0.1, 0.15) is 27.2 Å². The van der Waals surface area contributed by atoms with Crippen LogP contribution in [0.2, 0.25) is 0 Å². The molecule has 0 aromatic heterocycles. The summed E-state index contributed by atoms with van der Waals surface area (Å²) in [7, 11) is 0. The predicted molar refractivity (Wildman–Crippen MR) is 44.1 cm³/mol. The highest BCUT2D eigenvalue weighted by molar-refractivity contribution is 5.65. The first-order valence-electron chi connectivity index (χ1n) is 3.92. The van der Waals surface area contributed by atoms with Crippen molar-refractivity contribution in [3.8, 4) is 0 Å². The molecule has 1 aliphatic rings. The van der Waals surface area contributed by atoms with Crippen molar-refractivity contribution in [2.75, 3.05) is 6.54 Å². The van der Waals surface area contributed by atoms with Crippen LogP contribution in [0.3, 0.4) is 0 Å². The summed E-state index contributed by atoms with van der Waals surface area (Å²) in [5.41, 5.74) is 3.29. The summed E-state index contributed by atoms with van der Waals surface area (Å²) in [4.78, 5) is 0. The molecule has 1 N–H and O–H groups in total. The first-order valence-corrected chi connectivity index (χ1v) is 3.92. The van der Waals surface area contributed by atoms with Crippen molar-refractivity contribution in [2.24, 2.45) is 16.4 Å². The summed E-state index contributed by atoms with van der Waals surface area (Å²) in [6.07, 6.45) is 3.25. The van der Waals surface area contributed by atoms with Gasteiger partial charge in [0.15, 0.2) is 0 Å². The molecule has 0 fully saturated rings. The number of hydrazone groups is 1. The number of rotatable bonds is 1. The Kier molecular flexibility index (Phi) is 1.97. The molecule has 10 heavy (non-hydrogen) atoms. The fraction of sp³-hybridized carbons (Fsp3) is 0.875. The van der Waals surface area contributed by atoms with Crippen LogP contribution < -0.4 is 5.43 Å². The van der Waals surface area contributed by atoms with Crippen LogP contribution in [0.25, 0.3) is 0 Å². The Morgan fingerprint density at radius 3 is 2.60 bits per heavy atom. The van der Waals surface area contributed by atoms with Gasteiger partial charge in [-0.05, 0) is 12.3 Å². The van der Waals surface area contributed by atoms with Crippen molar-refractivity contribution in [1.82, 2.24) is 5.43 Å². The van der Waals surface area contributed by atoms with Gasteiger partial charge in [0.05, 0.1) is 0 Å². The smallest absolute Gasteiger partial charge is 0.0338 e. The van der Waals surface area contributed by atoms with Crippen molar-refractivity contribution in [1.29, 1.82) is 0 Å². The van der Waals surface area contributed by atoms with Gasteiger partial charge in [-0.3, -0.25) is 0 Å². The van der Waals surface area contributed by atoms with Crippen molar-refractivity contribution in [3.63, 3.8) is 0 Å². The van der Waals surface area contributed by atoms with Crippen LogP contribution in [-0.2, 0) is 0 Å². The predicted octanol–water partition coefficient (Wildman–Crippen LogP) is 1.63. The van der Waals surface area contributed by atoms with E-state index >= 15 is 0 Å². The van der Waals surface area contributed by atoms with E-state index < -0.39 is 0 Å². The van der Waals surface area contributed by atoms with E-state index in [1.165, 1.54) is 6.42 Å². The van der Waals surface area contributed by atoms with E-state index in [9.17, 15) is 0 Å². The number of hydrogen-bond acceptors (Lipinski definition) is 2. The zero-order chi connectivity index (χ0) is 7.61. The van der Waals surface area contributed by atoms with Crippen molar-refractivity contribution in [3.05, 3.63) is 0 Å². The Balaban J connectivity index is 2.65. The van der Waals surface area contributed by atoms with Gasteiger partial charge in [0, 0.05) is 18.2 Å². The Hall–Kier alpha value is -0.530. The molecular weight excluding hydrogens is 124 g/mol. The summed E-state index contributed by atoms with van der Waals surface area (Å²) in [6.45, 7) is 7.78. The van der Waals surface area contributed by atoms with Gasteiger partial charge in [-0.15, -0.1) is 0 Å². The van der Waals surface area contributed by atoms with Crippen LogP contribution in [0.15, 0.2) is 5.10 Å². The summed E-state index contributed by atoms with van der Waals surface area (Å²) < 4.78 is 0. The second-order valence-corrected chi connectivity index (χ2v) is 3.58. The largest absolute Gasteiger partial charge is 0.310 e. The maximum Gasteiger partial charge on any atom is 0.0338 e. The molecule has 0 radical (unpaired) electrons. The van der Waals surface area contributed by atoms with E-state index in [-0.39, 0.29) is 0 Å². The lowest BCUT2D eigenvalue weighted by Gasteiger charge is -2.31. The molecule has 0 amide bonds. The van der Waals surface area contributed by atoms with Crippen LogP contribution in [0.5, 0.6) is 0 Å². The molecule has 0 aliphatic carbocycles. The molecule has 0 aromatic rings. The lowest BCUT2D eigenvalue weighted by Crippen LogP contribution is -2.33. The second kappa shape index (κ2) is 2.60. The van der Waals surface area contributed by atoms with Crippen LogP contribution in [0.4, 0.5) is 0 Å². The monoisotopic (exact) mass is 140 g/mol. The zero-order valence-corrected chi connectivity index (χ0v) is 7.02. The van der Waals surface area contributed by atoms with Crippen molar-refractivity contribution >= 4 is 6.21 Å². The van der Waals surface area contributed by atoms with Gasteiger partial charge in [0.25, 0.3) is 0 Å². The van der Waals surface area contributed by atoms with Gasteiger partial charge in [-0.1, -0.05) is 20.8 Å². The third-order valence-electron chi connectivity index (χ3n) is 2.55. The lowest BCUT2D eigenvalue weighted by molar-refractivity contribution is 0.294. The average molecular weight is 140 g/mol. The first-order chi connectivity index (χ1) is 4.65. The Morgan fingerprint density at radius 1 is 1.60 bits per heavy atom. The molecular formula is C8H16N2. The van der Waals surface area contributed by atoms with Crippen LogP contribution in [0, 0.1) is 11.3 Å². The summed E-state index contributed by atoms with van der Waals surface area (Å²) in [5.74, 6) is 0.693. The van der Waals surface area contributed by atoms with Gasteiger partial charge >= 0.3 is 0 Å². The molecule has 1 heterocycles. The zero-order valence-electron chi connectivity index (χ0n) is 7.02. The van der Waals surface area contributed by atoms with Crippen LogP contribution in [-0.4, -0.2) is 12.8 Å². The Labute approximate surface area is 62.7 Å². The molecule has 0 saturated carbocycles. The SMILES string of the molecule is CC(C)C1(C)C=NNCC1.